The van der Waals surface area contributed by atoms with Gasteiger partial charge in [-0.2, -0.15) is 0 Å². The van der Waals surface area contributed by atoms with Crippen molar-refractivity contribution < 1.29 is 32.7 Å². The molecule has 0 unspecified atom stereocenters. The Morgan fingerprint density at radius 3 is 2.62 bits per heavy atom. The normalized spacial score (nSPS) is 32.8. The van der Waals surface area contributed by atoms with Crippen LogP contribution in [0.5, 0.6) is 0 Å². The second-order valence-corrected chi connectivity index (χ2v) is 8.43. The Kier molecular flexibility index (Phi) is 6.09. The van der Waals surface area contributed by atoms with Gasteiger partial charge in [0.25, 0.3) is 0 Å². The number of hydrogen-bond acceptors (Lipinski definition) is 7. The highest BCUT2D eigenvalue weighted by molar-refractivity contribution is 7.85. The molecule has 1 aromatic rings. The lowest BCUT2D eigenvalue weighted by Gasteiger charge is -2.35. The highest BCUT2D eigenvalue weighted by Crippen LogP contribution is 2.37. The van der Waals surface area contributed by atoms with Crippen molar-refractivity contribution in [3.8, 4) is 0 Å². The summed E-state index contributed by atoms with van der Waals surface area (Å²) in [5.41, 5.74) is 0.455. The van der Waals surface area contributed by atoms with Crippen LogP contribution in [0.3, 0.4) is 0 Å². The average Bonchev–Trinajstić information content (AvgIpc) is 2.94. The minimum atomic E-state index is -1.29. The molecule has 144 valence electrons. The molecule has 2 saturated heterocycles. The Morgan fingerprint density at radius 1 is 1.23 bits per heavy atom. The maximum absolute atomic E-state index is 12.7. The number of benzene rings is 1. The number of carbonyl (C=O) groups is 1. The van der Waals surface area contributed by atoms with Crippen molar-refractivity contribution in [1.82, 2.24) is 0 Å². The second kappa shape index (κ2) is 8.14. The fourth-order valence-corrected chi connectivity index (χ4v) is 4.79. The maximum Gasteiger partial charge on any atom is 0.338 e. The third-order valence-corrected chi connectivity index (χ3v) is 6.09. The van der Waals surface area contributed by atoms with Crippen molar-refractivity contribution in [2.75, 3.05) is 26.3 Å². The van der Waals surface area contributed by atoms with Crippen molar-refractivity contribution in [1.29, 1.82) is 0 Å². The summed E-state index contributed by atoms with van der Waals surface area (Å²) in [5, 5.41) is -0.475. The van der Waals surface area contributed by atoms with E-state index in [9.17, 15) is 9.00 Å². The van der Waals surface area contributed by atoms with Gasteiger partial charge in [0.2, 0.25) is 0 Å². The Balaban J connectivity index is 1.69. The Hall–Kier alpha value is -1.32. The van der Waals surface area contributed by atoms with E-state index in [1.54, 1.807) is 38.1 Å². The zero-order valence-corrected chi connectivity index (χ0v) is 15.9. The van der Waals surface area contributed by atoms with Gasteiger partial charge in [-0.1, -0.05) is 18.2 Å². The molecule has 0 radical (unpaired) electrons. The number of carbonyl (C=O) groups excluding carboxylic acids is 1. The van der Waals surface area contributed by atoms with Gasteiger partial charge in [-0.05, 0) is 26.0 Å². The van der Waals surface area contributed by atoms with Gasteiger partial charge in [0.1, 0.15) is 31.7 Å². The molecule has 0 N–H and O–H groups in total. The third kappa shape index (κ3) is 4.32. The molecule has 0 spiro atoms. The summed E-state index contributed by atoms with van der Waals surface area (Å²) in [6, 6.07) is 8.70. The molecule has 0 aromatic heterocycles. The lowest BCUT2D eigenvalue weighted by molar-refractivity contribution is -0.165. The predicted octanol–water partition coefficient (Wildman–Crippen LogP) is 1.48. The third-order valence-electron chi connectivity index (χ3n) is 4.35. The molecule has 5 atom stereocenters. The largest absolute Gasteiger partial charge is 0.461 e. The van der Waals surface area contributed by atoms with Crippen LogP contribution >= 0.6 is 0 Å². The summed E-state index contributed by atoms with van der Waals surface area (Å²) in [6.45, 7) is 3.68. The van der Waals surface area contributed by atoms with E-state index in [0.717, 1.165) is 0 Å². The van der Waals surface area contributed by atoms with Gasteiger partial charge in [-0.3, -0.25) is 4.21 Å². The SMILES string of the molecule is COCO[C@H]1C[S@](=O)[C@H](COC(=O)c2ccccc2)[C@H]2OC(C)(C)O[C@@H]21. The molecular weight excluding hydrogens is 360 g/mol. The van der Waals surface area contributed by atoms with Gasteiger partial charge in [0.05, 0.1) is 16.6 Å². The van der Waals surface area contributed by atoms with E-state index in [4.69, 9.17) is 23.7 Å². The fraction of sp³-hybridized carbons (Fsp3) is 0.611. The van der Waals surface area contributed by atoms with Gasteiger partial charge in [-0.25, -0.2) is 4.79 Å². The molecule has 8 heteroatoms. The molecular formula is C18H24O7S. The zero-order chi connectivity index (χ0) is 18.7. The van der Waals surface area contributed by atoms with E-state index in [-0.39, 0.29) is 19.2 Å². The van der Waals surface area contributed by atoms with Gasteiger partial charge in [0.15, 0.2) is 5.79 Å². The molecule has 1 aromatic carbocycles. The lowest BCUT2D eigenvalue weighted by Crippen LogP contribution is -2.55. The van der Waals surface area contributed by atoms with Crippen molar-refractivity contribution in [3.63, 3.8) is 0 Å². The number of hydrogen-bond donors (Lipinski definition) is 0. The van der Waals surface area contributed by atoms with Gasteiger partial charge < -0.3 is 23.7 Å². The first-order valence-corrected chi connectivity index (χ1v) is 9.85. The molecule has 0 saturated carbocycles. The fourth-order valence-electron chi connectivity index (χ4n) is 3.21. The number of rotatable bonds is 6. The minimum Gasteiger partial charge on any atom is -0.461 e. The van der Waals surface area contributed by atoms with Crippen LogP contribution in [0.25, 0.3) is 0 Å². The van der Waals surface area contributed by atoms with Crippen LogP contribution < -0.4 is 0 Å². The lowest BCUT2D eigenvalue weighted by atomic mass is 10.1. The molecule has 3 rings (SSSR count). The molecule has 0 amide bonds. The molecule has 0 aliphatic carbocycles. The van der Waals surface area contributed by atoms with E-state index in [2.05, 4.69) is 0 Å². The van der Waals surface area contributed by atoms with E-state index in [0.29, 0.717) is 5.56 Å². The molecule has 26 heavy (non-hydrogen) atoms. The Bertz CT molecular complexity index is 648. The molecule has 0 bridgehead atoms. The first kappa shape index (κ1) is 19.4. The van der Waals surface area contributed by atoms with Crippen LogP contribution in [0.1, 0.15) is 24.2 Å². The number of methoxy groups -OCH3 is 1. The summed E-state index contributed by atoms with van der Waals surface area (Å²) in [5.74, 6) is -0.993. The highest BCUT2D eigenvalue weighted by Gasteiger charge is 2.54. The zero-order valence-electron chi connectivity index (χ0n) is 15.1. The quantitative estimate of drug-likeness (QED) is 0.543. The Morgan fingerprint density at radius 2 is 1.92 bits per heavy atom. The van der Waals surface area contributed by atoms with Crippen molar-refractivity contribution >= 4 is 16.8 Å². The molecule has 7 nitrogen and oxygen atoms in total. The predicted molar refractivity (Wildman–Crippen MR) is 94.1 cm³/mol. The van der Waals surface area contributed by atoms with Gasteiger partial charge in [-0.15, -0.1) is 0 Å². The van der Waals surface area contributed by atoms with Crippen molar-refractivity contribution in [2.45, 2.75) is 43.2 Å². The summed E-state index contributed by atoms with van der Waals surface area (Å²) in [4.78, 5) is 12.2. The van der Waals surface area contributed by atoms with E-state index in [1.807, 2.05) is 6.07 Å². The van der Waals surface area contributed by atoms with Crippen LogP contribution in [0.2, 0.25) is 0 Å². The topological polar surface area (TPSA) is 80.3 Å². The number of esters is 1. The van der Waals surface area contributed by atoms with Crippen molar-refractivity contribution in [2.24, 2.45) is 0 Å². The van der Waals surface area contributed by atoms with Crippen LogP contribution in [-0.2, 0) is 34.5 Å². The smallest absolute Gasteiger partial charge is 0.338 e. The Labute approximate surface area is 155 Å². The molecule has 2 aliphatic rings. The first-order valence-electron chi connectivity index (χ1n) is 8.47. The van der Waals surface area contributed by atoms with Gasteiger partial charge in [0, 0.05) is 17.9 Å². The maximum atomic E-state index is 12.7. The minimum absolute atomic E-state index is 0.00204. The summed E-state index contributed by atoms with van der Waals surface area (Å²) in [7, 11) is 0.236. The van der Waals surface area contributed by atoms with Gasteiger partial charge >= 0.3 is 5.97 Å². The van der Waals surface area contributed by atoms with Crippen LogP contribution in [0, 0.1) is 0 Å². The summed E-state index contributed by atoms with van der Waals surface area (Å²) < 4.78 is 40.6. The van der Waals surface area contributed by atoms with E-state index >= 15 is 0 Å². The standard InChI is InChI=1S/C18H24O7S/c1-18(2)24-15-13(23-11-21-3)10-26(20)14(16(15)25-18)9-22-17(19)12-7-5-4-6-8-12/h4-8,13-16H,9-11H2,1-3H3/t13-,14+,15+,16+,26-/m0/s1. The van der Waals surface area contributed by atoms with Crippen LogP contribution in [0.15, 0.2) is 30.3 Å². The first-order chi connectivity index (χ1) is 12.4. The monoisotopic (exact) mass is 384 g/mol. The van der Waals surface area contributed by atoms with Crippen molar-refractivity contribution in [3.05, 3.63) is 35.9 Å². The van der Waals surface area contributed by atoms with Crippen LogP contribution in [-0.4, -0.2) is 65.8 Å². The van der Waals surface area contributed by atoms with Crippen LogP contribution in [0.4, 0.5) is 0 Å². The number of ether oxygens (including phenoxy) is 5. The van der Waals surface area contributed by atoms with E-state index in [1.165, 1.54) is 7.11 Å². The highest BCUT2D eigenvalue weighted by atomic mass is 32.2. The second-order valence-electron chi connectivity index (χ2n) is 6.73. The molecule has 2 aliphatic heterocycles. The molecule has 2 fully saturated rings. The summed E-state index contributed by atoms with van der Waals surface area (Å²) >= 11 is 0. The molecule has 2 heterocycles. The summed E-state index contributed by atoms with van der Waals surface area (Å²) in [6.07, 6.45) is -1.27. The average molecular weight is 384 g/mol. The van der Waals surface area contributed by atoms with E-state index < -0.39 is 46.1 Å². The number of fused-ring (bicyclic) bond motifs is 1.